The molecule has 0 saturated carbocycles. The van der Waals surface area contributed by atoms with Gasteiger partial charge >= 0.3 is 0 Å². The summed E-state index contributed by atoms with van der Waals surface area (Å²) in [5.41, 5.74) is 12.1. The van der Waals surface area contributed by atoms with Crippen molar-refractivity contribution in [2.75, 3.05) is 0 Å². The van der Waals surface area contributed by atoms with Crippen molar-refractivity contribution < 1.29 is 4.92 Å². The zero-order valence-electron chi connectivity index (χ0n) is 11.9. The number of aromatic nitrogens is 2. The van der Waals surface area contributed by atoms with Crippen molar-refractivity contribution in [3.8, 4) is 11.3 Å². The first-order valence-electron chi connectivity index (χ1n) is 6.66. The molecule has 0 radical (unpaired) electrons. The van der Waals surface area contributed by atoms with Gasteiger partial charge in [0.15, 0.2) is 11.8 Å². The Kier molecular flexibility index (Phi) is 3.55. The van der Waals surface area contributed by atoms with Crippen LogP contribution in [0.3, 0.4) is 0 Å². The molecule has 3 aromatic rings. The number of non-ortho nitro benzene ring substituents is 1. The minimum absolute atomic E-state index is 0.0726. The molecule has 1 heterocycles. The highest BCUT2D eigenvalue weighted by molar-refractivity contribution is 6.01. The molecular formula is C15H12N6O2. The quantitative estimate of drug-likeness (QED) is 0.329. The van der Waals surface area contributed by atoms with E-state index in [1.807, 2.05) is 30.3 Å². The maximum atomic E-state index is 11.0. The lowest BCUT2D eigenvalue weighted by molar-refractivity contribution is -0.384. The van der Waals surface area contributed by atoms with Gasteiger partial charge in [0.2, 0.25) is 0 Å². The van der Waals surface area contributed by atoms with Crippen molar-refractivity contribution in [3.05, 3.63) is 58.6 Å². The highest BCUT2D eigenvalue weighted by Gasteiger charge is 2.15. The first-order valence-corrected chi connectivity index (χ1v) is 6.66. The van der Waals surface area contributed by atoms with Gasteiger partial charge in [-0.1, -0.05) is 30.3 Å². The fourth-order valence-electron chi connectivity index (χ4n) is 2.26. The Hall–Kier alpha value is -3.55. The predicted octanol–water partition coefficient (Wildman–Crippen LogP) is 2.11. The highest BCUT2D eigenvalue weighted by Crippen LogP contribution is 2.33. The molecule has 114 valence electrons. The molecule has 0 bridgehead atoms. The van der Waals surface area contributed by atoms with E-state index < -0.39 is 4.92 Å². The Bertz CT molecular complexity index is 920. The summed E-state index contributed by atoms with van der Waals surface area (Å²) in [7, 11) is 0. The van der Waals surface area contributed by atoms with Crippen LogP contribution in [0.15, 0.2) is 53.5 Å². The average Bonchev–Trinajstić information content (AvgIpc) is 2.55. The monoisotopic (exact) mass is 308 g/mol. The van der Waals surface area contributed by atoms with E-state index in [2.05, 4.69) is 15.2 Å². The van der Waals surface area contributed by atoms with Gasteiger partial charge in [0.1, 0.15) is 5.69 Å². The molecule has 8 nitrogen and oxygen atoms in total. The number of benzene rings is 2. The van der Waals surface area contributed by atoms with Crippen LogP contribution in [0.4, 0.5) is 11.5 Å². The third-order valence-electron chi connectivity index (χ3n) is 3.24. The highest BCUT2D eigenvalue weighted by atomic mass is 16.6. The molecule has 0 atom stereocenters. The molecule has 0 fully saturated rings. The molecule has 3 rings (SSSR count). The van der Waals surface area contributed by atoms with Crippen LogP contribution < -0.4 is 11.5 Å². The van der Waals surface area contributed by atoms with Crippen LogP contribution in [0.25, 0.3) is 22.0 Å². The molecule has 8 heteroatoms. The number of nitrogens with two attached hydrogens (primary N) is 2. The second kappa shape index (κ2) is 5.68. The lowest BCUT2D eigenvalue weighted by atomic mass is 10.0. The summed E-state index contributed by atoms with van der Waals surface area (Å²) in [6.45, 7) is 0. The number of hydrogen-bond donors (Lipinski definition) is 2. The van der Waals surface area contributed by atoms with E-state index in [0.717, 1.165) is 5.56 Å². The standard InChI is InChI=1S/C15H12N6O2/c16-15(17)18-14-12-8-10(21(22)23)6-7-11(12)13(19-20-14)9-4-2-1-3-5-9/h1-8H,(H4,16,17,18,20). The fraction of sp³-hybridized carbons (Fsp3) is 0. The number of nitro groups is 1. The van der Waals surface area contributed by atoms with Crippen LogP contribution in [-0.4, -0.2) is 21.1 Å². The summed E-state index contributed by atoms with van der Waals surface area (Å²) in [6.07, 6.45) is 0. The number of rotatable bonds is 3. The van der Waals surface area contributed by atoms with Gasteiger partial charge in [0, 0.05) is 28.5 Å². The number of guanidine groups is 1. The molecule has 2 aromatic carbocycles. The first kappa shape index (κ1) is 14.4. The van der Waals surface area contributed by atoms with Gasteiger partial charge in [0.05, 0.1) is 4.92 Å². The van der Waals surface area contributed by atoms with Gasteiger partial charge in [-0.15, -0.1) is 10.2 Å². The Balaban J connectivity index is 2.34. The van der Waals surface area contributed by atoms with Crippen molar-refractivity contribution in [2.24, 2.45) is 16.5 Å². The maximum absolute atomic E-state index is 11.0. The van der Waals surface area contributed by atoms with Crippen LogP contribution in [0.1, 0.15) is 0 Å². The minimum atomic E-state index is -0.485. The molecule has 23 heavy (non-hydrogen) atoms. The third kappa shape index (κ3) is 2.77. The van der Waals surface area contributed by atoms with Gasteiger partial charge in [-0.2, -0.15) is 4.99 Å². The van der Waals surface area contributed by atoms with Gasteiger partial charge < -0.3 is 11.5 Å². The maximum Gasteiger partial charge on any atom is 0.270 e. The van der Waals surface area contributed by atoms with Crippen molar-refractivity contribution in [2.45, 2.75) is 0 Å². The van der Waals surface area contributed by atoms with Crippen LogP contribution in [0.5, 0.6) is 0 Å². The van der Waals surface area contributed by atoms with E-state index in [1.165, 1.54) is 12.1 Å². The van der Waals surface area contributed by atoms with Crippen LogP contribution in [0, 0.1) is 10.1 Å². The first-order chi connectivity index (χ1) is 11.1. The fourth-order valence-corrected chi connectivity index (χ4v) is 2.26. The summed E-state index contributed by atoms with van der Waals surface area (Å²) in [6, 6.07) is 13.8. The summed E-state index contributed by atoms with van der Waals surface area (Å²) in [5, 5.41) is 20.3. The topological polar surface area (TPSA) is 133 Å². The molecule has 0 aliphatic heterocycles. The van der Waals surface area contributed by atoms with Crippen molar-refractivity contribution in [1.29, 1.82) is 0 Å². The zero-order chi connectivity index (χ0) is 16.4. The molecule has 0 saturated heterocycles. The molecular weight excluding hydrogens is 296 g/mol. The zero-order valence-corrected chi connectivity index (χ0v) is 11.9. The Morgan fingerprint density at radius 1 is 1.04 bits per heavy atom. The van der Waals surface area contributed by atoms with Crippen molar-refractivity contribution in [1.82, 2.24) is 10.2 Å². The van der Waals surface area contributed by atoms with Crippen molar-refractivity contribution >= 4 is 28.2 Å². The molecule has 0 aliphatic rings. The van der Waals surface area contributed by atoms with Crippen LogP contribution in [0.2, 0.25) is 0 Å². The molecule has 0 spiro atoms. The average molecular weight is 308 g/mol. The van der Waals surface area contributed by atoms with Gasteiger partial charge in [0.25, 0.3) is 5.69 Å². The third-order valence-corrected chi connectivity index (χ3v) is 3.24. The number of hydrogen-bond acceptors (Lipinski definition) is 5. The van der Waals surface area contributed by atoms with E-state index in [1.54, 1.807) is 6.07 Å². The summed E-state index contributed by atoms with van der Waals surface area (Å²) in [5.74, 6) is -0.0528. The van der Waals surface area contributed by atoms with E-state index in [9.17, 15) is 10.1 Å². The lowest BCUT2D eigenvalue weighted by Gasteiger charge is -2.07. The summed E-state index contributed by atoms with van der Waals surface area (Å²) in [4.78, 5) is 14.4. The molecule has 1 aromatic heterocycles. The van der Waals surface area contributed by atoms with Crippen LogP contribution >= 0.6 is 0 Å². The van der Waals surface area contributed by atoms with E-state index in [0.29, 0.717) is 16.5 Å². The second-order valence-corrected chi connectivity index (χ2v) is 4.76. The minimum Gasteiger partial charge on any atom is -0.370 e. The van der Waals surface area contributed by atoms with Gasteiger partial charge in [-0.05, 0) is 6.07 Å². The Morgan fingerprint density at radius 2 is 1.78 bits per heavy atom. The van der Waals surface area contributed by atoms with E-state index >= 15 is 0 Å². The largest absolute Gasteiger partial charge is 0.370 e. The van der Waals surface area contributed by atoms with E-state index in [-0.39, 0.29) is 17.5 Å². The number of nitro benzene ring substituents is 1. The molecule has 0 amide bonds. The Labute approximate surface area is 130 Å². The number of fused-ring (bicyclic) bond motifs is 1. The smallest absolute Gasteiger partial charge is 0.270 e. The number of aliphatic imine (C=N–C) groups is 1. The normalized spacial score (nSPS) is 10.4. The van der Waals surface area contributed by atoms with Crippen molar-refractivity contribution in [3.63, 3.8) is 0 Å². The van der Waals surface area contributed by atoms with E-state index in [4.69, 9.17) is 11.5 Å². The van der Waals surface area contributed by atoms with Crippen LogP contribution in [-0.2, 0) is 0 Å². The van der Waals surface area contributed by atoms with Gasteiger partial charge in [-0.3, -0.25) is 10.1 Å². The van der Waals surface area contributed by atoms with Gasteiger partial charge in [-0.25, -0.2) is 0 Å². The predicted molar refractivity (Wildman–Crippen MR) is 87.1 cm³/mol. The second-order valence-electron chi connectivity index (χ2n) is 4.76. The summed E-state index contributed by atoms with van der Waals surface area (Å²) >= 11 is 0. The SMILES string of the molecule is NC(N)=Nc1nnc(-c2ccccc2)c2ccc([N+](=O)[O-])cc12. The summed E-state index contributed by atoms with van der Waals surface area (Å²) < 4.78 is 0. The molecule has 0 unspecified atom stereocenters. The number of nitrogens with zero attached hydrogens (tertiary/aromatic N) is 4. The molecule has 4 N–H and O–H groups in total. The molecule has 0 aliphatic carbocycles. The Morgan fingerprint density at radius 3 is 2.43 bits per heavy atom. The lowest BCUT2D eigenvalue weighted by Crippen LogP contribution is -2.22.